The molecule has 0 saturated heterocycles. The van der Waals surface area contributed by atoms with Crippen molar-refractivity contribution in [2.75, 3.05) is 12.3 Å². The fourth-order valence-corrected chi connectivity index (χ4v) is 1.87. The zero-order valence-electron chi connectivity index (χ0n) is 10.8. The summed E-state index contributed by atoms with van der Waals surface area (Å²) in [5, 5.41) is 22.3. The smallest absolute Gasteiger partial charge is 0.216 e. The van der Waals surface area contributed by atoms with E-state index in [2.05, 4.69) is 10.3 Å². The second-order valence-corrected chi connectivity index (χ2v) is 4.31. The Labute approximate surface area is 106 Å². The molecular formula is C12H19N3O3. The predicted octanol–water partition coefficient (Wildman–Crippen LogP) is -0.189. The van der Waals surface area contributed by atoms with E-state index < -0.39 is 12.2 Å². The molecule has 0 bridgehead atoms. The summed E-state index contributed by atoms with van der Waals surface area (Å²) in [6.45, 7) is 4.84. The van der Waals surface area contributed by atoms with Gasteiger partial charge in [0, 0.05) is 24.7 Å². The number of hydrogen-bond donors (Lipinski definition) is 4. The number of amides is 1. The Balaban J connectivity index is 2.89. The van der Waals surface area contributed by atoms with Gasteiger partial charge in [0.15, 0.2) is 0 Å². The van der Waals surface area contributed by atoms with Gasteiger partial charge in [0.1, 0.15) is 18.0 Å². The minimum absolute atomic E-state index is 0.0141. The molecule has 0 aliphatic carbocycles. The molecule has 0 aromatic carbocycles. The maximum absolute atomic E-state index is 10.8. The molecule has 2 unspecified atom stereocenters. The van der Waals surface area contributed by atoms with Crippen LogP contribution >= 0.6 is 0 Å². The standard InChI is InChI=1S/C12H19N3O3/c1-6-4-10(13)15-7(2)11(6)12(18)9(17)5-14-8(3)16/h4,9,12,17-18H,5H2,1-3H3,(H2,13,15)(H,14,16). The number of carbonyl (C=O) groups excluding carboxylic acids is 1. The average Bonchev–Trinajstić information content (AvgIpc) is 2.24. The molecule has 1 amide bonds. The lowest BCUT2D eigenvalue weighted by molar-refractivity contribution is -0.119. The van der Waals surface area contributed by atoms with Crippen molar-refractivity contribution in [2.45, 2.75) is 33.0 Å². The van der Waals surface area contributed by atoms with E-state index in [9.17, 15) is 15.0 Å². The van der Waals surface area contributed by atoms with Crippen molar-refractivity contribution >= 4 is 11.7 Å². The first-order valence-electron chi connectivity index (χ1n) is 5.67. The first kappa shape index (κ1) is 14.4. The van der Waals surface area contributed by atoms with Crippen LogP contribution in [0, 0.1) is 13.8 Å². The van der Waals surface area contributed by atoms with Crippen LogP contribution in [0.4, 0.5) is 5.82 Å². The van der Waals surface area contributed by atoms with E-state index in [1.807, 2.05) is 0 Å². The SMILES string of the molecule is CC(=O)NCC(O)C(O)c1c(C)cc(N)nc1C. The Hall–Kier alpha value is -1.66. The summed E-state index contributed by atoms with van der Waals surface area (Å²) in [4.78, 5) is 14.8. The molecular weight excluding hydrogens is 234 g/mol. The molecule has 1 heterocycles. The first-order chi connectivity index (χ1) is 8.32. The molecule has 0 fully saturated rings. The lowest BCUT2D eigenvalue weighted by atomic mass is 9.98. The number of nitrogens with zero attached hydrogens (tertiary/aromatic N) is 1. The molecule has 6 nitrogen and oxygen atoms in total. The van der Waals surface area contributed by atoms with E-state index >= 15 is 0 Å². The van der Waals surface area contributed by atoms with Crippen LogP contribution in [0.1, 0.15) is 29.8 Å². The highest BCUT2D eigenvalue weighted by molar-refractivity contribution is 5.72. The second-order valence-electron chi connectivity index (χ2n) is 4.31. The molecule has 18 heavy (non-hydrogen) atoms. The fourth-order valence-electron chi connectivity index (χ4n) is 1.87. The summed E-state index contributed by atoms with van der Waals surface area (Å²) >= 11 is 0. The van der Waals surface area contributed by atoms with Gasteiger partial charge in [0.2, 0.25) is 5.91 Å². The molecule has 0 radical (unpaired) electrons. The largest absolute Gasteiger partial charge is 0.388 e. The number of nitrogens with two attached hydrogens (primary N) is 1. The number of hydrogen-bond acceptors (Lipinski definition) is 5. The Kier molecular flexibility index (Phi) is 4.63. The minimum Gasteiger partial charge on any atom is -0.388 e. The Morgan fingerprint density at radius 1 is 1.50 bits per heavy atom. The predicted molar refractivity (Wildman–Crippen MR) is 67.8 cm³/mol. The van der Waals surface area contributed by atoms with E-state index in [4.69, 9.17) is 5.73 Å². The number of aliphatic hydroxyl groups is 2. The number of carbonyl (C=O) groups is 1. The highest BCUT2D eigenvalue weighted by Crippen LogP contribution is 2.24. The van der Waals surface area contributed by atoms with Gasteiger partial charge >= 0.3 is 0 Å². The van der Waals surface area contributed by atoms with Gasteiger partial charge in [0.05, 0.1) is 0 Å². The van der Waals surface area contributed by atoms with Gasteiger partial charge in [-0.05, 0) is 25.5 Å². The fraction of sp³-hybridized carbons (Fsp3) is 0.500. The van der Waals surface area contributed by atoms with E-state index in [1.165, 1.54) is 6.92 Å². The molecule has 1 aromatic rings. The summed E-state index contributed by atoms with van der Waals surface area (Å²) in [6.07, 6.45) is -2.19. The van der Waals surface area contributed by atoms with Crippen molar-refractivity contribution < 1.29 is 15.0 Å². The molecule has 1 aromatic heterocycles. The monoisotopic (exact) mass is 253 g/mol. The van der Waals surface area contributed by atoms with Gasteiger partial charge in [0.25, 0.3) is 0 Å². The second kappa shape index (κ2) is 5.79. The third-order valence-corrected chi connectivity index (χ3v) is 2.70. The van der Waals surface area contributed by atoms with Crippen LogP contribution in [-0.2, 0) is 4.79 Å². The number of pyridine rings is 1. The van der Waals surface area contributed by atoms with Crippen LogP contribution in [0.3, 0.4) is 0 Å². The van der Waals surface area contributed by atoms with Crippen molar-refractivity contribution in [3.8, 4) is 0 Å². The summed E-state index contributed by atoms with van der Waals surface area (Å²) in [5.74, 6) is 0.113. The Morgan fingerprint density at radius 3 is 2.61 bits per heavy atom. The third kappa shape index (κ3) is 3.41. The normalized spacial score (nSPS) is 14.1. The van der Waals surface area contributed by atoms with Gasteiger partial charge in [-0.1, -0.05) is 0 Å². The third-order valence-electron chi connectivity index (χ3n) is 2.70. The number of aliphatic hydroxyl groups excluding tert-OH is 2. The molecule has 5 N–H and O–H groups in total. The van der Waals surface area contributed by atoms with Crippen LogP contribution in [0.15, 0.2) is 6.07 Å². The van der Waals surface area contributed by atoms with Gasteiger partial charge in [-0.25, -0.2) is 4.98 Å². The highest BCUT2D eigenvalue weighted by Gasteiger charge is 2.22. The van der Waals surface area contributed by atoms with Gasteiger partial charge < -0.3 is 21.3 Å². The molecule has 0 aliphatic rings. The minimum atomic E-state index is -1.11. The van der Waals surface area contributed by atoms with Crippen molar-refractivity contribution in [1.29, 1.82) is 0 Å². The summed E-state index contributed by atoms with van der Waals surface area (Å²) in [5.41, 5.74) is 7.46. The van der Waals surface area contributed by atoms with Gasteiger partial charge in [-0.2, -0.15) is 0 Å². The van der Waals surface area contributed by atoms with Gasteiger partial charge in [-0.3, -0.25) is 4.79 Å². The van der Waals surface area contributed by atoms with E-state index in [1.54, 1.807) is 19.9 Å². The van der Waals surface area contributed by atoms with Crippen molar-refractivity contribution in [3.05, 3.63) is 22.9 Å². The molecule has 2 atom stereocenters. The van der Waals surface area contributed by atoms with Crippen LogP contribution < -0.4 is 11.1 Å². The lowest BCUT2D eigenvalue weighted by Crippen LogP contribution is -2.34. The summed E-state index contributed by atoms with van der Waals surface area (Å²) in [7, 11) is 0. The van der Waals surface area contributed by atoms with Crippen molar-refractivity contribution in [1.82, 2.24) is 10.3 Å². The first-order valence-corrected chi connectivity index (χ1v) is 5.67. The number of anilines is 1. The number of nitrogen functional groups attached to an aromatic ring is 1. The molecule has 1 rings (SSSR count). The Bertz CT molecular complexity index is 425. The molecule has 0 spiro atoms. The number of aromatic nitrogens is 1. The zero-order chi connectivity index (χ0) is 13.9. The van der Waals surface area contributed by atoms with E-state index in [0.29, 0.717) is 17.1 Å². The molecule has 0 saturated carbocycles. The van der Waals surface area contributed by atoms with Crippen LogP contribution in [0.25, 0.3) is 0 Å². The number of aryl methyl sites for hydroxylation is 2. The average molecular weight is 253 g/mol. The maximum Gasteiger partial charge on any atom is 0.216 e. The molecule has 0 aliphatic heterocycles. The highest BCUT2D eigenvalue weighted by atomic mass is 16.3. The Morgan fingerprint density at radius 2 is 2.11 bits per heavy atom. The van der Waals surface area contributed by atoms with Crippen LogP contribution in [-0.4, -0.2) is 33.8 Å². The maximum atomic E-state index is 10.8. The quantitative estimate of drug-likeness (QED) is 0.595. The van der Waals surface area contributed by atoms with E-state index in [-0.39, 0.29) is 12.5 Å². The zero-order valence-corrected chi connectivity index (χ0v) is 10.8. The lowest BCUT2D eigenvalue weighted by Gasteiger charge is -2.21. The van der Waals surface area contributed by atoms with Crippen molar-refractivity contribution in [3.63, 3.8) is 0 Å². The van der Waals surface area contributed by atoms with Crippen LogP contribution in [0.5, 0.6) is 0 Å². The molecule has 6 heteroatoms. The molecule has 100 valence electrons. The summed E-state index contributed by atoms with van der Waals surface area (Å²) in [6, 6.07) is 1.64. The van der Waals surface area contributed by atoms with E-state index in [0.717, 1.165) is 5.56 Å². The van der Waals surface area contributed by atoms with Crippen LogP contribution in [0.2, 0.25) is 0 Å². The number of rotatable bonds is 4. The van der Waals surface area contributed by atoms with Gasteiger partial charge in [-0.15, -0.1) is 0 Å². The van der Waals surface area contributed by atoms with Crippen molar-refractivity contribution in [2.24, 2.45) is 0 Å². The number of nitrogens with one attached hydrogen (secondary N) is 1. The topological polar surface area (TPSA) is 108 Å². The summed E-state index contributed by atoms with van der Waals surface area (Å²) < 4.78 is 0.